The van der Waals surface area contributed by atoms with Crippen molar-refractivity contribution in [1.82, 2.24) is 0 Å². The van der Waals surface area contributed by atoms with Gasteiger partial charge < -0.3 is 9.64 Å². The van der Waals surface area contributed by atoms with E-state index in [2.05, 4.69) is 217 Å². The van der Waals surface area contributed by atoms with Crippen molar-refractivity contribution in [2.45, 2.75) is 5.41 Å². The fraction of sp³-hybridized carbons (Fsp3) is 0.0189. The number of rotatable bonds is 5. The molecule has 2 nitrogen and oxygen atoms in total. The lowest BCUT2D eigenvalue weighted by Crippen LogP contribution is -2.32. The molecule has 9 aromatic rings. The normalized spacial score (nSPS) is 13.0. The molecule has 1 spiro atoms. The number of fused-ring (bicyclic) bond motifs is 10. The van der Waals surface area contributed by atoms with Crippen LogP contribution in [0.2, 0.25) is 0 Å². The Morgan fingerprint density at radius 3 is 1.75 bits per heavy atom. The average molecular weight is 702 g/mol. The maximum atomic E-state index is 6.93. The Morgan fingerprint density at radius 1 is 0.345 bits per heavy atom. The predicted octanol–water partition coefficient (Wildman–Crippen LogP) is 14.1. The average Bonchev–Trinajstić information content (AvgIpc) is 3.55. The topological polar surface area (TPSA) is 12.5 Å². The van der Waals surface area contributed by atoms with Crippen LogP contribution in [0.15, 0.2) is 212 Å². The minimum Gasteiger partial charge on any atom is -0.457 e. The highest BCUT2D eigenvalue weighted by Gasteiger charge is 2.50. The molecule has 55 heavy (non-hydrogen) atoms. The molecule has 0 amide bonds. The van der Waals surface area contributed by atoms with E-state index < -0.39 is 5.41 Å². The fourth-order valence-electron chi connectivity index (χ4n) is 9.21. The van der Waals surface area contributed by atoms with Crippen molar-refractivity contribution >= 4 is 27.8 Å². The van der Waals surface area contributed by atoms with Gasteiger partial charge in [-0.05, 0) is 80.7 Å². The minimum atomic E-state index is -0.498. The first-order chi connectivity index (χ1) is 27.3. The zero-order valence-corrected chi connectivity index (χ0v) is 30.1. The van der Waals surface area contributed by atoms with Crippen LogP contribution in [-0.4, -0.2) is 0 Å². The lowest BCUT2D eigenvalue weighted by Gasteiger charge is -2.39. The van der Waals surface area contributed by atoms with Gasteiger partial charge in [-0.15, -0.1) is 0 Å². The summed E-state index contributed by atoms with van der Waals surface area (Å²) in [6.45, 7) is 0. The summed E-state index contributed by atoms with van der Waals surface area (Å²) in [4.78, 5) is 2.42. The summed E-state index contributed by atoms with van der Waals surface area (Å²) < 4.78 is 6.93. The summed E-state index contributed by atoms with van der Waals surface area (Å²) in [6.07, 6.45) is 0. The van der Waals surface area contributed by atoms with Crippen LogP contribution in [0, 0.1) is 0 Å². The Labute approximate surface area is 321 Å². The summed E-state index contributed by atoms with van der Waals surface area (Å²) in [5, 5.41) is 2.39. The van der Waals surface area contributed by atoms with Crippen molar-refractivity contribution in [3.8, 4) is 44.9 Å². The van der Waals surface area contributed by atoms with Gasteiger partial charge in [0.05, 0.1) is 16.8 Å². The van der Waals surface area contributed by atoms with Crippen LogP contribution in [0.3, 0.4) is 0 Å². The van der Waals surface area contributed by atoms with Gasteiger partial charge >= 0.3 is 0 Å². The van der Waals surface area contributed by atoms with E-state index in [4.69, 9.17) is 4.74 Å². The highest BCUT2D eigenvalue weighted by molar-refractivity contribution is 6.01. The Kier molecular flexibility index (Phi) is 7.11. The first-order valence-electron chi connectivity index (χ1n) is 18.9. The smallest absolute Gasteiger partial charge is 0.132 e. The third-order valence-electron chi connectivity index (χ3n) is 11.5. The maximum Gasteiger partial charge on any atom is 0.132 e. The molecule has 11 rings (SSSR count). The van der Waals surface area contributed by atoms with E-state index in [0.29, 0.717) is 0 Å². The molecule has 1 heterocycles. The minimum absolute atomic E-state index is 0.498. The van der Waals surface area contributed by atoms with Gasteiger partial charge in [0.1, 0.15) is 11.5 Å². The van der Waals surface area contributed by atoms with Crippen LogP contribution in [0.25, 0.3) is 44.2 Å². The van der Waals surface area contributed by atoms with Gasteiger partial charge in [-0.1, -0.05) is 176 Å². The first-order valence-corrected chi connectivity index (χ1v) is 18.9. The number of hydrogen-bond acceptors (Lipinski definition) is 2. The number of hydrogen-bond donors (Lipinski definition) is 0. The SMILES string of the molecule is c1ccc(-c2cccc(N(c3ccccc3-c3ccc4c(c3)Oc3ccccc3C43c4ccccc4-c4ccccc43)c3cccc4ccccc34)c2)cc1. The van der Waals surface area contributed by atoms with Crippen molar-refractivity contribution in [3.63, 3.8) is 0 Å². The summed E-state index contributed by atoms with van der Waals surface area (Å²) in [6, 6.07) is 76.7. The van der Waals surface area contributed by atoms with E-state index in [1.807, 2.05) is 0 Å². The van der Waals surface area contributed by atoms with Crippen LogP contribution in [0.1, 0.15) is 22.3 Å². The number of nitrogens with zero attached hydrogens (tertiary/aromatic N) is 1. The van der Waals surface area contributed by atoms with E-state index >= 15 is 0 Å². The largest absolute Gasteiger partial charge is 0.457 e. The first kappa shape index (κ1) is 31.4. The van der Waals surface area contributed by atoms with E-state index in [-0.39, 0.29) is 0 Å². The fourth-order valence-corrected chi connectivity index (χ4v) is 9.21. The van der Waals surface area contributed by atoms with Crippen molar-refractivity contribution in [2.24, 2.45) is 0 Å². The number of ether oxygens (including phenoxy) is 1. The maximum absolute atomic E-state index is 6.93. The standard InChI is InChI=1S/C53H35NO/c1-2-16-36(17-3-1)38-20-14-21-40(34-38)54(50-30-15-19-37-18-4-5-22-41(37)50)49-29-12-8-23-42(49)39-32-33-48-52(35-39)55-51-31-13-11-28-47(51)53(48)45-26-9-6-24-43(45)44-25-7-10-27-46(44)53/h1-35H. The van der Waals surface area contributed by atoms with Gasteiger partial charge in [-0.3, -0.25) is 0 Å². The molecule has 0 saturated carbocycles. The zero-order valence-electron chi connectivity index (χ0n) is 30.1. The molecule has 1 aliphatic heterocycles. The molecule has 0 atom stereocenters. The molecule has 2 heteroatoms. The molecule has 2 aliphatic rings. The molecule has 9 aromatic carbocycles. The van der Waals surface area contributed by atoms with E-state index in [1.54, 1.807) is 0 Å². The number of benzene rings is 9. The van der Waals surface area contributed by atoms with Gasteiger partial charge in [0.2, 0.25) is 0 Å². The molecule has 258 valence electrons. The molecule has 1 aliphatic carbocycles. The quantitative estimate of drug-likeness (QED) is 0.177. The van der Waals surface area contributed by atoms with E-state index in [9.17, 15) is 0 Å². The van der Waals surface area contributed by atoms with Crippen LogP contribution >= 0.6 is 0 Å². The molecule has 0 fully saturated rings. The van der Waals surface area contributed by atoms with Gasteiger partial charge in [0, 0.05) is 27.8 Å². The van der Waals surface area contributed by atoms with Crippen molar-refractivity contribution < 1.29 is 4.74 Å². The van der Waals surface area contributed by atoms with Crippen molar-refractivity contribution in [3.05, 3.63) is 235 Å². The van der Waals surface area contributed by atoms with Crippen LogP contribution in [-0.2, 0) is 5.41 Å². The Hall–Kier alpha value is -7.16. The third-order valence-corrected chi connectivity index (χ3v) is 11.5. The predicted molar refractivity (Wildman–Crippen MR) is 227 cm³/mol. The van der Waals surface area contributed by atoms with Crippen LogP contribution in [0.4, 0.5) is 17.1 Å². The second-order valence-corrected chi connectivity index (χ2v) is 14.4. The molecule has 0 N–H and O–H groups in total. The second-order valence-electron chi connectivity index (χ2n) is 14.4. The Balaban J connectivity index is 1.13. The monoisotopic (exact) mass is 701 g/mol. The molecular formula is C53H35NO. The summed E-state index contributed by atoms with van der Waals surface area (Å²) in [7, 11) is 0. The summed E-state index contributed by atoms with van der Waals surface area (Å²) >= 11 is 0. The highest BCUT2D eigenvalue weighted by Crippen LogP contribution is 2.62. The molecule has 0 bridgehead atoms. The lowest BCUT2D eigenvalue weighted by atomic mass is 9.66. The van der Waals surface area contributed by atoms with Gasteiger partial charge in [0.15, 0.2) is 0 Å². The Morgan fingerprint density at radius 2 is 0.927 bits per heavy atom. The third kappa shape index (κ3) is 4.75. The highest BCUT2D eigenvalue weighted by atomic mass is 16.5. The Bertz CT molecular complexity index is 2880. The molecule has 0 aromatic heterocycles. The summed E-state index contributed by atoms with van der Waals surface area (Å²) in [5.41, 5.74) is 14.8. The van der Waals surface area contributed by atoms with Crippen molar-refractivity contribution in [2.75, 3.05) is 4.90 Å². The second kappa shape index (κ2) is 12.5. The number of para-hydroxylation sites is 2. The molecule has 0 radical (unpaired) electrons. The summed E-state index contributed by atoms with van der Waals surface area (Å²) in [5.74, 6) is 1.77. The number of anilines is 3. The van der Waals surface area contributed by atoms with Crippen molar-refractivity contribution in [1.29, 1.82) is 0 Å². The van der Waals surface area contributed by atoms with Gasteiger partial charge in [-0.25, -0.2) is 0 Å². The molecular weight excluding hydrogens is 667 g/mol. The van der Waals surface area contributed by atoms with E-state index in [0.717, 1.165) is 45.3 Å². The van der Waals surface area contributed by atoms with Gasteiger partial charge in [0.25, 0.3) is 0 Å². The van der Waals surface area contributed by atoms with E-state index in [1.165, 1.54) is 49.7 Å². The zero-order chi connectivity index (χ0) is 36.3. The van der Waals surface area contributed by atoms with Crippen LogP contribution < -0.4 is 9.64 Å². The lowest BCUT2D eigenvalue weighted by molar-refractivity contribution is 0.436. The molecule has 0 unspecified atom stereocenters. The molecule has 0 saturated heterocycles. The van der Waals surface area contributed by atoms with Gasteiger partial charge in [-0.2, -0.15) is 0 Å². The van der Waals surface area contributed by atoms with Crippen LogP contribution in [0.5, 0.6) is 11.5 Å².